The van der Waals surface area contributed by atoms with Gasteiger partial charge in [0, 0.05) is 6.92 Å². The Labute approximate surface area is 119 Å². The van der Waals surface area contributed by atoms with E-state index in [1.54, 1.807) is 6.08 Å². The van der Waals surface area contributed by atoms with Gasteiger partial charge in [-0.3, -0.25) is 4.79 Å². The second-order valence-corrected chi connectivity index (χ2v) is 4.37. The molecule has 0 aromatic rings. The number of carbonyl (C=O) groups excluding carboxylic acids is 1. The van der Waals surface area contributed by atoms with Crippen LogP contribution in [-0.4, -0.2) is 12.6 Å². The molecule has 0 fully saturated rings. The van der Waals surface area contributed by atoms with Crippen LogP contribution in [0.15, 0.2) is 36.5 Å². The molecule has 1 rings (SSSR count). The van der Waals surface area contributed by atoms with Crippen molar-refractivity contribution in [3.63, 3.8) is 0 Å². The summed E-state index contributed by atoms with van der Waals surface area (Å²) >= 11 is 0. The minimum atomic E-state index is -0.201. The fraction of sp³-hybridized carbons (Fsp3) is 0.588. The van der Waals surface area contributed by atoms with Gasteiger partial charge in [-0.1, -0.05) is 38.2 Å². The van der Waals surface area contributed by atoms with E-state index in [9.17, 15) is 4.79 Å². The highest BCUT2D eigenvalue weighted by atomic mass is 16.5. The first-order valence-electron chi connectivity index (χ1n) is 7.05. The minimum absolute atomic E-state index is 0.201. The molecule has 0 heterocycles. The Morgan fingerprint density at radius 2 is 2.00 bits per heavy atom. The number of rotatable bonds is 3. The summed E-state index contributed by atoms with van der Waals surface area (Å²) in [7, 11) is 0. The second kappa shape index (κ2) is 13.1. The molecule has 2 heteroatoms. The van der Waals surface area contributed by atoms with Crippen molar-refractivity contribution in [3.8, 4) is 0 Å². The fourth-order valence-corrected chi connectivity index (χ4v) is 1.66. The van der Waals surface area contributed by atoms with Crippen LogP contribution in [0, 0.1) is 5.92 Å². The van der Waals surface area contributed by atoms with E-state index in [1.807, 2.05) is 20.8 Å². The lowest BCUT2D eigenvalue weighted by molar-refractivity contribution is -0.140. The van der Waals surface area contributed by atoms with Crippen LogP contribution >= 0.6 is 0 Å². The van der Waals surface area contributed by atoms with E-state index in [2.05, 4.69) is 26.2 Å². The highest BCUT2D eigenvalue weighted by Gasteiger charge is 2.15. The third-order valence-electron chi connectivity index (χ3n) is 2.66. The molecule has 0 amide bonds. The monoisotopic (exact) mass is 266 g/mol. The maximum Gasteiger partial charge on any atom is 0.302 e. The van der Waals surface area contributed by atoms with Crippen LogP contribution in [0.4, 0.5) is 0 Å². The highest BCUT2D eigenvalue weighted by molar-refractivity contribution is 5.66. The van der Waals surface area contributed by atoms with Crippen molar-refractivity contribution in [1.29, 1.82) is 0 Å². The SMILES string of the molecule is C=C(C)C1CC=C(COC(C)=O)CC1.C=CC.CC. The average molecular weight is 266 g/mol. The Kier molecular flexibility index (Phi) is 13.8. The summed E-state index contributed by atoms with van der Waals surface area (Å²) in [4.78, 5) is 10.6. The number of ether oxygens (including phenoxy) is 1. The topological polar surface area (TPSA) is 26.3 Å². The Bertz CT molecular complexity index is 300. The van der Waals surface area contributed by atoms with Gasteiger partial charge in [0.05, 0.1) is 0 Å². The molecular weight excluding hydrogens is 236 g/mol. The molecule has 0 aliphatic heterocycles. The van der Waals surface area contributed by atoms with Gasteiger partial charge < -0.3 is 4.74 Å². The maximum atomic E-state index is 10.6. The van der Waals surface area contributed by atoms with Gasteiger partial charge >= 0.3 is 5.97 Å². The number of hydrogen-bond donors (Lipinski definition) is 0. The normalized spacial score (nSPS) is 16.7. The largest absolute Gasteiger partial charge is 0.461 e. The van der Waals surface area contributed by atoms with Crippen LogP contribution in [0.25, 0.3) is 0 Å². The summed E-state index contributed by atoms with van der Waals surface area (Å²) < 4.78 is 4.95. The smallest absolute Gasteiger partial charge is 0.302 e. The van der Waals surface area contributed by atoms with Gasteiger partial charge in [-0.05, 0) is 44.6 Å². The Morgan fingerprint density at radius 3 is 2.32 bits per heavy atom. The number of carbonyl (C=O) groups is 1. The third-order valence-corrected chi connectivity index (χ3v) is 2.66. The van der Waals surface area contributed by atoms with Gasteiger partial charge in [-0.15, -0.1) is 6.58 Å². The summed E-state index contributed by atoms with van der Waals surface area (Å²) in [6.07, 6.45) is 7.16. The Morgan fingerprint density at radius 1 is 1.47 bits per heavy atom. The van der Waals surface area contributed by atoms with Crippen LogP contribution in [0.1, 0.15) is 53.9 Å². The van der Waals surface area contributed by atoms with Crippen molar-refractivity contribution in [2.45, 2.75) is 53.9 Å². The molecule has 0 radical (unpaired) electrons. The van der Waals surface area contributed by atoms with E-state index >= 15 is 0 Å². The summed E-state index contributed by atoms with van der Waals surface area (Å²) in [5.41, 5.74) is 2.51. The van der Waals surface area contributed by atoms with Crippen molar-refractivity contribution in [1.82, 2.24) is 0 Å². The molecule has 110 valence electrons. The van der Waals surface area contributed by atoms with E-state index in [4.69, 9.17) is 4.74 Å². The van der Waals surface area contributed by atoms with Crippen molar-refractivity contribution in [3.05, 3.63) is 36.5 Å². The highest BCUT2D eigenvalue weighted by Crippen LogP contribution is 2.28. The van der Waals surface area contributed by atoms with Crippen LogP contribution in [0.3, 0.4) is 0 Å². The molecule has 0 aromatic carbocycles. The van der Waals surface area contributed by atoms with Crippen molar-refractivity contribution in [2.24, 2.45) is 5.92 Å². The first-order chi connectivity index (χ1) is 9.01. The molecule has 0 saturated heterocycles. The van der Waals surface area contributed by atoms with E-state index in [-0.39, 0.29) is 5.97 Å². The van der Waals surface area contributed by atoms with Crippen LogP contribution in [0.5, 0.6) is 0 Å². The lowest BCUT2D eigenvalue weighted by atomic mass is 9.86. The lowest BCUT2D eigenvalue weighted by Crippen LogP contribution is -2.11. The van der Waals surface area contributed by atoms with Gasteiger partial charge in [-0.2, -0.15) is 0 Å². The molecule has 2 nitrogen and oxygen atoms in total. The summed E-state index contributed by atoms with van der Waals surface area (Å²) in [6, 6.07) is 0. The van der Waals surface area contributed by atoms with Gasteiger partial charge in [0.15, 0.2) is 0 Å². The standard InChI is InChI=1S/C12H18O2.C3H6.C2H6/c1-9(2)12-6-4-11(5-7-12)8-14-10(3)13;1-3-2;1-2/h4,12H,1,5-8H2,2-3H3;3H,1H2,2H3;1-2H3. The van der Waals surface area contributed by atoms with Crippen LogP contribution in [-0.2, 0) is 9.53 Å². The first kappa shape index (κ1) is 20.0. The van der Waals surface area contributed by atoms with E-state index in [0.717, 1.165) is 19.3 Å². The number of hydrogen-bond acceptors (Lipinski definition) is 2. The van der Waals surface area contributed by atoms with Gasteiger partial charge in [-0.25, -0.2) is 0 Å². The van der Waals surface area contributed by atoms with Gasteiger partial charge in [0.2, 0.25) is 0 Å². The molecule has 0 bridgehead atoms. The fourth-order valence-electron chi connectivity index (χ4n) is 1.66. The van der Waals surface area contributed by atoms with Crippen molar-refractivity contribution < 1.29 is 9.53 Å². The molecule has 0 spiro atoms. The predicted molar refractivity (Wildman–Crippen MR) is 84.1 cm³/mol. The van der Waals surface area contributed by atoms with Crippen molar-refractivity contribution >= 4 is 5.97 Å². The molecule has 1 unspecified atom stereocenters. The minimum Gasteiger partial charge on any atom is -0.461 e. The molecule has 0 aromatic heterocycles. The molecule has 1 aliphatic rings. The third kappa shape index (κ3) is 11.5. The molecule has 19 heavy (non-hydrogen) atoms. The van der Waals surface area contributed by atoms with Crippen molar-refractivity contribution in [2.75, 3.05) is 6.61 Å². The zero-order valence-electron chi connectivity index (χ0n) is 13.3. The van der Waals surface area contributed by atoms with Crippen LogP contribution in [0.2, 0.25) is 0 Å². The Hall–Kier alpha value is -1.31. The van der Waals surface area contributed by atoms with E-state index < -0.39 is 0 Å². The molecule has 0 saturated carbocycles. The molecule has 1 aliphatic carbocycles. The summed E-state index contributed by atoms with van der Waals surface area (Å²) in [5.74, 6) is 0.420. The molecular formula is C17H30O2. The molecule has 1 atom stereocenters. The zero-order valence-corrected chi connectivity index (χ0v) is 13.3. The van der Waals surface area contributed by atoms with E-state index in [1.165, 1.54) is 18.1 Å². The number of allylic oxidation sites excluding steroid dienone is 3. The lowest BCUT2D eigenvalue weighted by Gasteiger charge is -2.21. The van der Waals surface area contributed by atoms with Gasteiger partial charge in [0.25, 0.3) is 0 Å². The predicted octanol–water partition coefficient (Wildman–Crippen LogP) is 5.07. The van der Waals surface area contributed by atoms with Crippen LogP contribution < -0.4 is 0 Å². The Balaban J connectivity index is 0. The maximum absolute atomic E-state index is 10.6. The summed E-state index contributed by atoms with van der Waals surface area (Å²) in [6.45, 7) is 17.2. The average Bonchev–Trinajstić information content (AvgIpc) is 2.40. The number of esters is 1. The second-order valence-electron chi connectivity index (χ2n) is 4.37. The zero-order chi connectivity index (χ0) is 15.3. The summed E-state index contributed by atoms with van der Waals surface area (Å²) in [5, 5.41) is 0. The van der Waals surface area contributed by atoms with E-state index in [0.29, 0.717) is 12.5 Å². The quantitative estimate of drug-likeness (QED) is 0.526. The first-order valence-corrected chi connectivity index (χ1v) is 7.05. The van der Waals surface area contributed by atoms with Gasteiger partial charge in [0.1, 0.15) is 6.61 Å². The molecule has 0 N–H and O–H groups in total.